The Hall–Kier alpha value is -5.15. The first-order valence-electron chi connectivity index (χ1n) is 10.0. The molecule has 0 aliphatic carbocycles. The molecule has 0 spiro atoms. The van der Waals surface area contributed by atoms with Gasteiger partial charge in [0, 0.05) is 12.1 Å². The number of nitriles is 2. The topological polar surface area (TPSA) is 138 Å². The van der Waals surface area contributed by atoms with Gasteiger partial charge in [0.15, 0.2) is 11.5 Å². The third-order valence-electron chi connectivity index (χ3n) is 5.03. The Kier molecular flexibility index (Phi) is 5.93. The molecule has 9 nitrogen and oxygen atoms in total. The molecule has 0 saturated carbocycles. The number of methoxy groups -OCH3 is 1. The average molecular weight is 451 g/mol. The summed E-state index contributed by atoms with van der Waals surface area (Å²) in [6.45, 7) is 1.98. The van der Waals surface area contributed by atoms with Crippen LogP contribution in [-0.4, -0.2) is 22.0 Å². The third kappa shape index (κ3) is 4.40. The summed E-state index contributed by atoms with van der Waals surface area (Å²) in [5.41, 5.74) is 3.51. The van der Waals surface area contributed by atoms with E-state index in [0.29, 0.717) is 28.5 Å². The molecule has 0 saturated heterocycles. The second-order valence-electron chi connectivity index (χ2n) is 7.34. The Labute approximate surface area is 194 Å². The van der Waals surface area contributed by atoms with E-state index in [9.17, 15) is 20.6 Å². The van der Waals surface area contributed by atoms with Crippen LogP contribution in [0.1, 0.15) is 22.5 Å². The van der Waals surface area contributed by atoms with Gasteiger partial charge in [0.2, 0.25) is 0 Å². The van der Waals surface area contributed by atoms with Gasteiger partial charge in [0.25, 0.3) is 5.69 Å². The van der Waals surface area contributed by atoms with Crippen LogP contribution in [0, 0.1) is 39.7 Å². The van der Waals surface area contributed by atoms with Crippen LogP contribution in [0.4, 0.5) is 5.69 Å². The number of fused-ring (bicyclic) bond motifs is 1. The van der Waals surface area contributed by atoms with Gasteiger partial charge in [-0.3, -0.25) is 10.1 Å². The number of H-pyrrole nitrogens is 1. The molecule has 0 atom stereocenters. The maximum atomic E-state index is 11.0. The molecule has 0 unspecified atom stereocenters. The zero-order valence-corrected chi connectivity index (χ0v) is 18.2. The molecule has 0 aliphatic rings. The van der Waals surface area contributed by atoms with Gasteiger partial charge in [-0.1, -0.05) is 12.1 Å². The van der Waals surface area contributed by atoms with Crippen LogP contribution in [0.2, 0.25) is 0 Å². The van der Waals surface area contributed by atoms with Crippen molar-refractivity contribution in [3.05, 3.63) is 87.2 Å². The van der Waals surface area contributed by atoms with Crippen molar-refractivity contribution in [1.82, 2.24) is 9.97 Å². The molecular weight excluding hydrogens is 434 g/mol. The van der Waals surface area contributed by atoms with Crippen LogP contribution in [0.25, 0.3) is 22.7 Å². The van der Waals surface area contributed by atoms with Crippen molar-refractivity contribution in [1.29, 1.82) is 10.5 Å². The summed E-state index contributed by atoms with van der Waals surface area (Å²) in [5, 5.41) is 30.0. The van der Waals surface area contributed by atoms with Crippen molar-refractivity contribution in [3.8, 4) is 29.4 Å². The fourth-order valence-electron chi connectivity index (χ4n) is 3.36. The van der Waals surface area contributed by atoms with Crippen LogP contribution < -0.4 is 9.47 Å². The van der Waals surface area contributed by atoms with Crippen molar-refractivity contribution in [2.24, 2.45) is 0 Å². The van der Waals surface area contributed by atoms with Gasteiger partial charge in [-0.2, -0.15) is 10.5 Å². The third-order valence-corrected chi connectivity index (χ3v) is 5.03. The summed E-state index contributed by atoms with van der Waals surface area (Å²) >= 11 is 0. The van der Waals surface area contributed by atoms with Gasteiger partial charge in [-0.15, -0.1) is 0 Å². The Morgan fingerprint density at radius 1 is 1.09 bits per heavy atom. The Morgan fingerprint density at radius 3 is 2.59 bits per heavy atom. The molecule has 1 N–H and O–H groups in total. The molecule has 0 radical (unpaired) electrons. The lowest BCUT2D eigenvalue weighted by Gasteiger charge is -2.12. The highest BCUT2D eigenvalue weighted by Crippen LogP contribution is 2.35. The summed E-state index contributed by atoms with van der Waals surface area (Å²) in [7, 11) is 1.46. The molecule has 9 heteroatoms. The van der Waals surface area contributed by atoms with E-state index < -0.39 is 4.92 Å². The molecule has 1 aromatic heterocycles. The minimum absolute atomic E-state index is 0.0205. The molecular formula is C25H17N5O4. The summed E-state index contributed by atoms with van der Waals surface area (Å²) in [4.78, 5) is 18.0. The Bertz CT molecular complexity index is 1540. The predicted molar refractivity (Wildman–Crippen MR) is 125 cm³/mol. The molecule has 0 amide bonds. The highest BCUT2D eigenvalue weighted by molar-refractivity contribution is 5.90. The lowest BCUT2D eigenvalue weighted by atomic mass is 10.1. The van der Waals surface area contributed by atoms with Gasteiger partial charge in [0.1, 0.15) is 29.3 Å². The number of ether oxygens (including phenoxy) is 2. The SMILES string of the molecule is COc1cc(/C=C(/C#N)c2nc3ccc(C)cc3[nH]2)ccc1Oc1ccc([N+](=O)[O-])cc1C#N. The number of nitrogens with one attached hydrogen (secondary N) is 1. The molecule has 3 aromatic carbocycles. The normalized spacial score (nSPS) is 11.0. The minimum Gasteiger partial charge on any atom is -0.493 e. The number of imidazole rings is 1. The van der Waals surface area contributed by atoms with E-state index >= 15 is 0 Å². The summed E-state index contributed by atoms with van der Waals surface area (Å²) < 4.78 is 11.2. The molecule has 0 fully saturated rings. The molecule has 0 bridgehead atoms. The number of nitrogens with zero attached hydrogens (tertiary/aromatic N) is 4. The number of allylic oxidation sites excluding steroid dienone is 1. The maximum absolute atomic E-state index is 11.0. The number of rotatable bonds is 6. The first-order chi connectivity index (χ1) is 16.4. The molecule has 4 aromatic rings. The van der Waals surface area contributed by atoms with E-state index in [1.165, 1.54) is 19.2 Å². The van der Waals surface area contributed by atoms with Crippen molar-refractivity contribution in [2.75, 3.05) is 7.11 Å². The Morgan fingerprint density at radius 2 is 1.88 bits per heavy atom. The standard InChI is InChI=1S/C25H17N5O4/c1-15-3-6-20-21(9-15)29-25(28-20)18(14-27)10-16-4-7-23(24(11-16)33-2)34-22-8-5-19(30(31)32)12-17(22)13-26/h3-12H,1-2H3,(H,28,29)/b18-10-. The van der Waals surface area contributed by atoms with Crippen molar-refractivity contribution >= 4 is 28.4 Å². The fraction of sp³-hybridized carbons (Fsp3) is 0.0800. The fourth-order valence-corrected chi connectivity index (χ4v) is 3.36. The van der Waals surface area contributed by atoms with Crippen LogP contribution in [0.15, 0.2) is 54.6 Å². The molecule has 0 aliphatic heterocycles. The van der Waals surface area contributed by atoms with Crippen molar-refractivity contribution < 1.29 is 14.4 Å². The number of nitro benzene ring substituents is 1. The molecule has 166 valence electrons. The van der Waals surface area contributed by atoms with Crippen LogP contribution >= 0.6 is 0 Å². The Balaban J connectivity index is 1.66. The second-order valence-corrected chi connectivity index (χ2v) is 7.34. The average Bonchev–Trinajstić information content (AvgIpc) is 3.26. The second kappa shape index (κ2) is 9.15. The lowest BCUT2D eigenvalue weighted by Crippen LogP contribution is -1.95. The number of hydrogen-bond acceptors (Lipinski definition) is 7. The quantitative estimate of drug-likeness (QED) is 0.231. The monoisotopic (exact) mass is 451 g/mol. The van der Waals surface area contributed by atoms with E-state index in [0.717, 1.165) is 22.7 Å². The molecule has 1 heterocycles. The smallest absolute Gasteiger partial charge is 0.271 e. The predicted octanol–water partition coefficient (Wildman–Crippen LogP) is 5.52. The number of non-ortho nitro benzene ring substituents is 1. The highest BCUT2D eigenvalue weighted by Gasteiger charge is 2.15. The van der Waals surface area contributed by atoms with Gasteiger partial charge in [0.05, 0.1) is 28.6 Å². The first-order valence-corrected chi connectivity index (χ1v) is 10.0. The van der Waals surface area contributed by atoms with Gasteiger partial charge < -0.3 is 14.5 Å². The van der Waals surface area contributed by atoms with E-state index in [1.807, 2.05) is 31.2 Å². The first kappa shape index (κ1) is 22.1. The van der Waals surface area contributed by atoms with E-state index in [4.69, 9.17) is 9.47 Å². The minimum atomic E-state index is -0.581. The number of aromatic amines is 1. The number of aromatic nitrogens is 2. The van der Waals surface area contributed by atoms with Crippen LogP contribution in [0.3, 0.4) is 0 Å². The summed E-state index contributed by atoms with van der Waals surface area (Å²) in [6, 6.07) is 18.7. The highest BCUT2D eigenvalue weighted by atomic mass is 16.6. The summed E-state index contributed by atoms with van der Waals surface area (Å²) in [6.07, 6.45) is 1.67. The number of hydrogen-bond donors (Lipinski definition) is 1. The number of benzene rings is 3. The van der Waals surface area contributed by atoms with Crippen molar-refractivity contribution in [2.45, 2.75) is 6.92 Å². The zero-order chi connectivity index (χ0) is 24.2. The number of aryl methyl sites for hydroxylation is 1. The van der Waals surface area contributed by atoms with E-state index in [2.05, 4.69) is 16.0 Å². The summed E-state index contributed by atoms with van der Waals surface area (Å²) in [5.74, 6) is 1.27. The molecule has 34 heavy (non-hydrogen) atoms. The van der Waals surface area contributed by atoms with Crippen molar-refractivity contribution in [3.63, 3.8) is 0 Å². The maximum Gasteiger partial charge on any atom is 0.271 e. The van der Waals surface area contributed by atoms with E-state index in [1.54, 1.807) is 24.3 Å². The van der Waals surface area contributed by atoms with Crippen LogP contribution in [-0.2, 0) is 0 Å². The molecule has 4 rings (SSSR count). The van der Waals surface area contributed by atoms with Gasteiger partial charge >= 0.3 is 0 Å². The van der Waals surface area contributed by atoms with E-state index in [-0.39, 0.29) is 17.0 Å². The van der Waals surface area contributed by atoms with Crippen LogP contribution in [0.5, 0.6) is 17.2 Å². The number of nitro groups is 1. The van der Waals surface area contributed by atoms with Gasteiger partial charge in [-0.25, -0.2) is 4.98 Å². The lowest BCUT2D eigenvalue weighted by molar-refractivity contribution is -0.384. The zero-order valence-electron chi connectivity index (χ0n) is 18.2. The largest absolute Gasteiger partial charge is 0.493 e. The van der Waals surface area contributed by atoms with Gasteiger partial charge in [-0.05, 0) is 54.5 Å².